The summed E-state index contributed by atoms with van der Waals surface area (Å²) >= 11 is 0. The Morgan fingerprint density at radius 3 is 2.11 bits per heavy atom. The fourth-order valence-corrected chi connectivity index (χ4v) is 8.61. The monoisotopic (exact) mass is 528 g/mol. The fourth-order valence-electron chi connectivity index (χ4n) is 5.40. The molecule has 0 amide bonds. The molecule has 1 aromatic carbocycles. The van der Waals surface area contributed by atoms with Gasteiger partial charge in [-0.25, -0.2) is 0 Å². The summed E-state index contributed by atoms with van der Waals surface area (Å²) in [5, 5.41) is 0. The van der Waals surface area contributed by atoms with Crippen LogP contribution < -0.4 is 0 Å². The molecule has 1 aliphatic rings. The van der Waals surface area contributed by atoms with E-state index in [0.29, 0.717) is 0 Å². The Kier molecular flexibility index (Phi) is 12.2. The minimum absolute atomic E-state index is 0.000650. The SMILES string of the molecule is CCCC/C(=C\B1OC(C)(C)C(C)(C)O1)c1cccc(CCCCCC(C)(C)O[Si](CC)(CC)CC)c1. The van der Waals surface area contributed by atoms with Crippen molar-refractivity contribution in [1.82, 2.24) is 0 Å². The number of benzene rings is 1. The van der Waals surface area contributed by atoms with Gasteiger partial charge in [-0.15, -0.1) is 0 Å². The molecule has 1 aliphatic heterocycles. The van der Waals surface area contributed by atoms with Crippen molar-refractivity contribution in [2.45, 2.75) is 156 Å². The largest absolute Gasteiger partial charge is 0.487 e. The molecule has 0 radical (unpaired) electrons. The summed E-state index contributed by atoms with van der Waals surface area (Å²) in [6, 6.07) is 12.8. The second-order valence-corrected chi connectivity index (χ2v) is 17.5. The summed E-state index contributed by atoms with van der Waals surface area (Å²) in [7, 11) is -1.84. The van der Waals surface area contributed by atoms with Gasteiger partial charge in [0.05, 0.1) is 16.8 Å². The highest BCUT2D eigenvalue weighted by Crippen LogP contribution is 2.38. The van der Waals surface area contributed by atoms with Crippen LogP contribution in [0.4, 0.5) is 0 Å². The molecule has 1 fully saturated rings. The van der Waals surface area contributed by atoms with Gasteiger partial charge < -0.3 is 13.7 Å². The van der Waals surface area contributed by atoms with E-state index >= 15 is 0 Å². The van der Waals surface area contributed by atoms with Gasteiger partial charge in [-0.1, -0.05) is 77.2 Å². The van der Waals surface area contributed by atoms with Gasteiger partial charge >= 0.3 is 7.12 Å². The molecule has 0 aliphatic carbocycles. The van der Waals surface area contributed by atoms with Crippen LogP contribution in [0.15, 0.2) is 30.2 Å². The first-order chi connectivity index (χ1) is 17.3. The Balaban J connectivity index is 1.96. The Morgan fingerprint density at radius 2 is 1.54 bits per heavy atom. The summed E-state index contributed by atoms with van der Waals surface area (Å²) in [6.07, 6.45) is 9.40. The first kappa shape index (κ1) is 32.3. The molecule has 210 valence electrons. The zero-order valence-corrected chi connectivity index (χ0v) is 27.0. The lowest BCUT2D eigenvalue weighted by Gasteiger charge is -2.38. The van der Waals surface area contributed by atoms with E-state index in [0.717, 1.165) is 19.3 Å². The van der Waals surface area contributed by atoms with Gasteiger partial charge in [0.2, 0.25) is 0 Å². The van der Waals surface area contributed by atoms with E-state index < -0.39 is 8.32 Å². The molecule has 0 saturated carbocycles. The van der Waals surface area contributed by atoms with Crippen molar-refractivity contribution in [2.24, 2.45) is 0 Å². The average Bonchev–Trinajstić information content (AvgIpc) is 3.05. The summed E-state index contributed by atoms with van der Waals surface area (Å²) in [5.41, 5.74) is 3.48. The van der Waals surface area contributed by atoms with E-state index in [1.807, 2.05) is 0 Å². The van der Waals surface area contributed by atoms with Crippen LogP contribution in [0.25, 0.3) is 5.57 Å². The second-order valence-electron chi connectivity index (χ2n) is 12.8. The molecule has 0 aromatic heterocycles. The number of hydrogen-bond donors (Lipinski definition) is 0. The second kappa shape index (κ2) is 14.0. The van der Waals surface area contributed by atoms with Gasteiger partial charge in [-0.05, 0) is 108 Å². The highest BCUT2D eigenvalue weighted by molar-refractivity contribution is 6.73. The van der Waals surface area contributed by atoms with E-state index in [1.165, 1.54) is 66.9 Å². The van der Waals surface area contributed by atoms with Gasteiger partial charge in [0.1, 0.15) is 0 Å². The molecule has 2 rings (SSSR count). The van der Waals surface area contributed by atoms with Crippen molar-refractivity contribution in [3.63, 3.8) is 0 Å². The summed E-state index contributed by atoms with van der Waals surface area (Å²) in [6.45, 7) is 22.3. The van der Waals surface area contributed by atoms with Gasteiger partial charge in [0.25, 0.3) is 0 Å². The lowest BCUT2D eigenvalue weighted by Crippen LogP contribution is -2.44. The molecule has 1 heterocycles. The van der Waals surface area contributed by atoms with Crippen molar-refractivity contribution in [1.29, 1.82) is 0 Å². The normalized spacial score (nSPS) is 18.0. The molecule has 5 heteroatoms. The van der Waals surface area contributed by atoms with Crippen LogP contribution in [-0.4, -0.2) is 32.2 Å². The Bertz CT molecular complexity index is 833. The Morgan fingerprint density at radius 1 is 0.919 bits per heavy atom. The van der Waals surface area contributed by atoms with Gasteiger partial charge in [-0.2, -0.15) is 0 Å². The van der Waals surface area contributed by atoms with Crippen LogP contribution in [0.3, 0.4) is 0 Å². The summed E-state index contributed by atoms with van der Waals surface area (Å²) in [5.74, 6) is 2.22. The number of allylic oxidation sites excluding steroid dienone is 1. The minimum Gasteiger partial charge on any atom is -0.412 e. The standard InChI is InChI=1S/C32H57BO3Si/c1-11-15-22-29(26-33-34-31(7,8)32(9,10)35-33)28-23-19-21-27(25-28)20-17-16-18-24-30(5,6)36-37(12-2,13-3)14-4/h19,21,23,25-26H,11-18,20,22,24H2,1-10H3/b29-26+. The summed E-state index contributed by atoms with van der Waals surface area (Å²) < 4.78 is 19.4. The smallest absolute Gasteiger partial charge is 0.412 e. The predicted octanol–water partition coefficient (Wildman–Crippen LogP) is 9.79. The van der Waals surface area contributed by atoms with E-state index in [2.05, 4.69) is 99.5 Å². The third-order valence-electron chi connectivity index (χ3n) is 8.88. The Labute approximate surface area is 231 Å². The zero-order valence-electron chi connectivity index (χ0n) is 26.0. The Hall–Kier alpha value is -0.878. The van der Waals surface area contributed by atoms with Gasteiger partial charge in [0, 0.05) is 0 Å². The zero-order chi connectivity index (χ0) is 27.7. The van der Waals surface area contributed by atoms with Crippen molar-refractivity contribution in [2.75, 3.05) is 0 Å². The molecule has 37 heavy (non-hydrogen) atoms. The molecule has 0 bridgehead atoms. The third kappa shape index (κ3) is 9.37. The third-order valence-corrected chi connectivity index (χ3v) is 13.7. The van der Waals surface area contributed by atoms with Crippen molar-refractivity contribution < 1.29 is 13.7 Å². The number of aryl methyl sites for hydroxylation is 1. The maximum atomic E-state index is 6.80. The molecule has 0 atom stereocenters. The molecule has 1 saturated heterocycles. The number of hydrogen-bond acceptors (Lipinski definition) is 3. The lowest BCUT2D eigenvalue weighted by atomic mass is 9.83. The maximum Gasteiger partial charge on any atom is 0.487 e. The van der Waals surface area contributed by atoms with Crippen LogP contribution in [-0.2, 0) is 20.2 Å². The van der Waals surface area contributed by atoms with Crippen LogP contribution in [0.5, 0.6) is 0 Å². The number of rotatable bonds is 16. The van der Waals surface area contributed by atoms with E-state index in [4.69, 9.17) is 13.7 Å². The first-order valence-corrected chi connectivity index (χ1v) is 17.7. The molecule has 0 spiro atoms. The first-order valence-electron chi connectivity index (χ1n) is 15.2. The highest BCUT2D eigenvalue weighted by Gasteiger charge is 2.50. The molecule has 0 N–H and O–H groups in total. The van der Waals surface area contributed by atoms with Crippen LogP contribution in [0.2, 0.25) is 18.1 Å². The predicted molar refractivity (Wildman–Crippen MR) is 165 cm³/mol. The van der Waals surface area contributed by atoms with Crippen molar-refractivity contribution in [3.8, 4) is 0 Å². The minimum atomic E-state index is -1.55. The molecule has 0 unspecified atom stereocenters. The molecular formula is C32H57BO3Si. The van der Waals surface area contributed by atoms with E-state index in [1.54, 1.807) is 0 Å². The molecule has 1 aromatic rings. The fraction of sp³-hybridized carbons (Fsp3) is 0.750. The van der Waals surface area contributed by atoms with Crippen LogP contribution in [0.1, 0.15) is 125 Å². The van der Waals surface area contributed by atoms with Crippen LogP contribution in [0, 0.1) is 0 Å². The summed E-state index contributed by atoms with van der Waals surface area (Å²) in [4.78, 5) is 0. The lowest BCUT2D eigenvalue weighted by molar-refractivity contribution is 0.00578. The van der Waals surface area contributed by atoms with Crippen molar-refractivity contribution >= 4 is 21.0 Å². The maximum absolute atomic E-state index is 6.80. The van der Waals surface area contributed by atoms with E-state index in [-0.39, 0.29) is 23.9 Å². The highest BCUT2D eigenvalue weighted by atomic mass is 28.4. The van der Waals surface area contributed by atoms with E-state index in [9.17, 15) is 0 Å². The van der Waals surface area contributed by atoms with Gasteiger partial charge in [-0.3, -0.25) is 0 Å². The van der Waals surface area contributed by atoms with Gasteiger partial charge in [0.15, 0.2) is 8.32 Å². The average molecular weight is 529 g/mol. The quantitative estimate of drug-likeness (QED) is 0.158. The topological polar surface area (TPSA) is 27.7 Å². The van der Waals surface area contributed by atoms with Crippen molar-refractivity contribution in [3.05, 3.63) is 41.4 Å². The number of unbranched alkanes of at least 4 members (excludes halogenated alkanes) is 3. The molecular weight excluding hydrogens is 471 g/mol. The molecule has 3 nitrogen and oxygen atoms in total. The van der Waals surface area contributed by atoms with Crippen LogP contribution >= 0.6 is 0 Å².